The molecule has 0 saturated carbocycles. The number of piperazine rings is 1. The Hall–Kier alpha value is -2.40. The first-order valence-electron chi connectivity index (χ1n) is 8.91. The van der Waals surface area contributed by atoms with Crippen molar-refractivity contribution in [3.05, 3.63) is 53.1 Å². The average Bonchev–Trinajstić information content (AvgIpc) is 2.94. The van der Waals surface area contributed by atoms with Gasteiger partial charge in [-0.25, -0.2) is 0 Å². The Kier molecular flexibility index (Phi) is 4.89. The quantitative estimate of drug-likeness (QED) is 0.809. The van der Waals surface area contributed by atoms with Crippen LogP contribution in [0.15, 0.2) is 42.5 Å². The zero-order valence-electron chi connectivity index (χ0n) is 14.5. The predicted molar refractivity (Wildman–Crippen MR) is 102 cm³/mol. The maximum atomic E-state index is 12.9. The Morgan fingerprint density at radius 1 is 0.962 bits per heavy atom. The molecule has 0 aliphatic carbocycles. The van der Waals surface area contributed by atoms with Crippen molar-refractivity contribution < 1.29 is 14.3 Å². The van der Waals surface area contributed by atoms with E-state index in [4.69, 9.17) is 21.1 Å². The number of halogens is 1. The molecular formula is C20H21ClN2O3. The van der Waals surface area contributed by atoms with Crippen molar-refractivity contribution in [1.82, 2.24) is 4.90 Å². The second-order valence-corrected chi connectivity index (χ2v) is 6.86. The van der Waals surface area contributed by atoms with Crippen LogP contribution in [0.25, 0.3) is 0 Å². The van der Waals surface area contributed by atoms with Gasteiger partial charge in [0.25, 0.3) is 5.91 Å². The maximum Gasteiger partial charge on any atom is 0.254 e. The number of ether oxygens (including phenoxy) is 2. The minimum atomic E-state index is -0.0183. The van der Waals surface area contributed by atoms with Gasteiger partial charge in [-0.1, -0.05) is 29.8 Å². The van der Waals surface area contributed by atoms with E-state index >= 15 is 0 Å². The minimum absolute atomic E-state index is 0.0183. The van der Waals surface area contributed by atoms with E-state index < -0.39 is 0 Å². The number of para-hydroxylation sites is 1. The molecule has 0 unspecified atom stereocenters. The van der Waals surface area contributed by atoms with Gasteiger partial charge in [-0.15, -0.1) is 0 Å². The normalized spacial score (nSPS) is 17.0. The van der Waals surface area contributed by atoms with Crippen LogP contribution in [-0.4, -0.2) is 50.2 Å². The van der Waals surface area contributed by atoms with Crippen LogP contribution in [0.4, 0.5) is 5.69 Å². The maximum absolute atomic E-state index is 12.9. The van der Waals surface area contributed by atoms with Crippen molar-refractivity contribution in [2.75, 3.05) is 44.3 Å². The molecule has 0 radical (unpaired) electrons. The zero-order chi connectivity index (χ0) is 17.9. The number of carbonyl (C=O) groups is 1. The summed E-state index contributed by atoms with van der Waals surface area (Å²) in [7, 11) is 0. The predicted octanol–water partition coefficient (Wildman–Crippen LogP) is 3.46. The highest BCUT2D eigenvalue weighted by molar-refractivity contribution is 6.32. The van der Waals surface area contributed by atoms with Crippen molar-refractivity contribution in [3.8, 4) is 11.5 Å². The van der Waals surface area contributed by atoms with Gasteiger partial charge in [-0.2, -0.15) is 0 Å². The first kappa shape index (κ1) is 17.0. The molecule has 6 heteroatoms. The summed E-state index contributed by atoms with van der Waals surface area (Å²) in [6.07, 6.45) is 0.801. The summed E-state index contributed by atoms with van der Waals surface area (Å²) in [4.78, 5) is 17.1. The molecule has 1 saturated heterocycles. The summed E-state index contributed by atoms with van der Waals surface area (Å²) in [5.74, 6) is 1.08. The van der Waals surface area contributed by atoms with Crippen molar-refractivity contribution in [3.63, 3.8) is 0 Å². The number of hydrogen-bond donors (Lipinski definition) is 0. The van der Waals surface area contributed by atoms with Crippen LogP contribution in [0.3, 0.4) is 0 Å². The first-order valence-corrected chi connectivity index (χ1v) is 9.28. The van der Waals surface area contributed by atoms with E-state index in [-0.39, 0.29) is 5.91 Å². The molecule has 2 aromatic carbocycles. The third-order valence-electron chi connectivity index (χ3n) is 4.74. The Labute approximate surface area is 158 Å². The molecule has 136 valence electrons. The third kappa shape index (κ3) is 3.44. The second-order valence-electron chi connectivity index (χ2n) is 6.45. The van der Waals surface area contributed by atoms with E-state index in [0.29, 0.717) is 48.4 Å². The summed E-state index contributed by atoms with van der Waals surface area (Å²) in [5.41, 5.74) is 1.74. The van der Waals surface area contributed by atoms with Gasteiger partial charge >= 0.3 is 0 Å². The van der Waals surface area contributed by atoms with Crippen LogP contribution < -0.4 is 14.4 Å². The molecule has 0 spiro atoms. The van der Waals surface area contributed by atoms with Crippen LogP contribution in [-0.2, 0) is 0 Å². The highest BCUT2D eigenvalue weighted by atomic mass is 35.5. The number of anilines is 1. The number of fused-ring (bicyclic) bond motifs is 1. The van der Waals surface area contributed by atoms with Gasteiger partial charge in [0, 0.05) is 43.9 Å². The van der Waals surface area contributed by atoms with Crippen molar-refractivity contribution in [1.29, 1.82) is 0 Å². The molecule has 2 aliphatic heterocycles. The van der Waals surface area contributed by atoms with E-state index in [0.717, 1.165) is 19.5 Å². The van der Waals surface area contributed by atoms with Crippen molar-refractivity contribution >= 4 is 23.2 Å². The highest BCUT2D eigenvalue weighted by Crippen LogP contribution is 2.38. The van der Waals surface area contributed by atoms with E-state index in [1.807, 2.05) is 23.1 Å². The molecule has 0 aromatic heterocycles. The summed E-state index contributed by atoms with van der Waals surface area (Å²) in [6, 6.07) is 13.7. The van der Waals surface area contributed by atoms with Gasteiger partial charge in [-0.05, 0) is 24.3 Å². The molecule has 0 atom stereocenters. The topological polar surface area (TPSA) is 42.0 Å². The van der Waals surface area contributed by atoms with Crippen LogP contribution in [0.1, 0.15) is 16.8 Å². The Bertz CT molecular complexity index is 789. The number of hydrogen-bond acceptors (Lipinski definition) is 4. The first-order chi connectivity index (χ1) is 12.7. The van der Waals surface area contributed by atoms with Crippen LogP contribution in [0, 0.1) is 0 Å². The van der Waals surface area contributed by atoms with E-state index in [2.05, 4.69) is 17.0 Å². The zero-order valence-corrected chi connectivity index (χ0v) is 15.2. The van der Waals surface area contributed by atoms with E-state index in [1.54, 1.807) is 12.1 Å². The van der Waals surface area contributed by atoms with Gasteiger partial charge in [0.05, 0.1) is 18.2 Å². The average molecular weight is 373 g/mol. The molecule has 26 heavy (non-hydrogen) atoms. The Morgan fingerprint density at radius 2 is 1.69 bits per heavy atom. The largest absolute Gasteiger partial charge is 0.489 e. The lowest BCUT2D eigenvalue weighted by Gasteiger charge is -2.36. The molecule has 1 amide bonds. The number of amides is 1. The summed E-state index contributed by atoms with van der Waals surface area (Å²) in [6.45, 7) is 4.12. The van der Waals surface area contributed by atoms with Crippen LogP contribution in [0.5, 0.6) is 11.5 Å². The standard InChI is InChI=1S/C20H21ClN2O3/c21-17-13-15(14-18-19(17)26-12-4-11-25-18)20(24)23-9-7-22(8-10-23)16-5-2-1-3-6-16/h1-3,5-6,13-14H,4,7-12H2. The molecule has 2 heterocycles. The molecular weight excluding hydrogens is 352 g/mol. The number of benzene rings is 2. The number of rotatable bonds is 2. The van der Waals surface area contributed by atoms with E-state index in [9.17, 15) is 4.79 Å². The monoisotopic (exact) mass is 372 g/mol. The smallest absolute Gasteiger partial charge is 0.254 e. The Morgan fingerprint density at radius 3 is 2.46 bits per heavy atom. The highest BCUT2D eigenvalue weighted by Gasteiger charge is 2.25. The fourth-order valence-electron chi connectivity index (χ4n) is 3.34. The van der Waals surface area contributed by atoms with Crippen LogP contribution >= 0.6 is 11.6 Å². The van der Waals surface area contributed by atoms with Crippen molar-refractivity contribution in [2.24, 2.45) is 0 Å². The van der Waals surface area contributed by atoms with Gasteiger partial charge in [0.15, 0.2) is 11.5 Å². The summed E-state index contributed by atoms with van der Waals surface area (Å²) in [5, 5.41) is 0.427. The van der Waals surface area contributed by atoms with Gasteiger partial charge in [-0.3, -0.25) is 4.79 Å². The van der Waals surface area contributed by atoms with Gasteiger partial charge in [0.1, 0.15) is 0 Å². The summed E-state index contributed by atoms with van der Waals surface area (Å²) >= 11 is 6.32. The third-order valence-corrected chi connectivity index (χ3v) is 5.02. The molecule has 0 N–H and O–H groups in total. The fourth-order valence-corrected chi connectivity index (χ4v) is 3.61. The minimum Gasteiger partial charge on any atom is -0.489 e. The fraction of sp³-hybridized carbons (Fsp3) is 0.350. The van der Waals surface area contributed by atoms with Gasteiger partial charge < -0.3 is 19.3 Å². The lowest BCUT2D eigenvalue weighted by Crippen LogP contribution is -2.48. The number of nitrogens with zero attached hydrogens (tertiary/aromatic N) is 2. The summed E-state index contributed by atoms with van der Waals surface area (Å²) < 4.78 is 11.3. The molecule has 2 aliphatic rings. The second kappa shape index (κ2) is 7.46. The Balaban J connectivity index is 1.47. The molecule has 1 fully saturated rings. The molecule has 4 rings (SSSR count). The molecule has 5 nitrogen and oxygen atoms in total. The molecule has 0 bridgehead atoms. The SMILES string of the molecule is O=C(c1cc(Cl)c2c(c1)OCCCO2)N1CCN(c2ccccc2)CC1. The lowest BCUT2D eigenvalue weighted by atomic mass is 10.1. The van der Waals surface area contributed by atoms with E-state index in [1.165, 1.54) is 5.69 Å². The lowest BCUT2D eigenvalue weighted by molar-refractivity contribution is 0.0746. The van der Waals surface area contributed by atoms with Gasteiger partial charge in [0.2, 0.25) is 0 Å². The van der Waals surface area contributed by atoms with Crippen LogP contribution in [0.2, 0.25) is 5.02 Å². The number of carbonyl (C=O) groups excluding carboxylic acids is 1. The van der Waals surface area contributed by atoms with Crippen molar-refractivity contribution in [2.45, 2.75) is 6.42 Å². The molecule has 2 aromatic rings.